The predicted molar refractivity (Wildman–Crippen MR) is 84.7 cm³/mol. The Labute approximate surface area is 122 Å². The van der Waals surface area contributed by atoms with E-state index in [0.29, 0.717) is 5.69 Å². The van der Waals surface area contributed by atoms with Gasteiger partial charge in [0.1, 0.15) is 0 Å². The van der Waals surface area contributed by atoms with E-state index in [9.17, 15) is 4.79 Å². The molecule has 1 aromatic heterocycles. The number of amides is 2. The van der Waals surface area contributed by atoms with Gasteiger partial charge in [0.15, 0.2) is 0 Å². The number of carbonyl (C=O) groups is 1. The standard InChI is InChI=1S/C16H16N4O/c1-10-15(11(2)20-19-10)18-16(21)17-14-9-5-7-12-6-3-4-8-13(12)14/h3-9H,1-2H3,(H,19,20)(H2,17,18,21). The lowest BCUT2D eigenvalue weighted by Crippen LogP contribution is -2.20. The lowest BCUT2D eigenvalue weighted by molar-refractivity contribution is 0.262. The van der Waals surface area contributed by atoms with Crippen molar-refractivity contribution in [2.75, 3.05) is 10.6 Å². The lowest BCUT2D eigenvalue weighted by Gasteiger charge is -2.10. The van der Waals surface area contributed by atoms with Gasteiger partial charge < -0.3 is 10.6 Å². The number of rotatable bonds is 2. The van der Waals surface area contributed by atoms with E-state index in [1.165, 1.54) is 0 Å². The summed E-state index contributed by atoms with van der Waals surface area (Å²) in [6.45, 7) is 3.71. The summed E-state index contributed by atoms with van der Waals surface area (Å²) in [5.41, 5.74) is 3.10. The summed E-state index contributed by atoms with van der Waals surface area (Å²) in [6, 6.07) is 13.5. The van der Waals surface area contributed by atoms with Gasteiger partial charge in [-0.15, -0.1) is 0 Å². The van der Waals surface area contributed by atoms with Crippen molar-refractivity contribution in [1.29, 1.82) is 0 Å². The van der Waals surface area contributed by atoms with Gasteiger partial charge >= 0.3 is 6.03 Å². The summed E-state index contributed by atoms with van der Waals surface area (Å²) in [7, 11) is 0. The van der Waals surface area contributed by atoms with E-state index in [4.69, 9.17) is 0 Å². The second-order valence-electron chi connectivity index (χ2n) is 4.91. The van der Waals surface area contributed by atoms with Crippen LogP contribution in [0.15, 0.2) is 42.5 Å². The van der Waals surface area contributed by atoms with Crippen molar-refractivity contribution in [3.63, 3.8) is 0 Å². The molecule has 0 bridgehead atoms. The molecule has 0 saturated heterocycles. The second kappa shape index (κ2) is 5.28. The fraction of sp³-hybridized carbons (Fsp3) is 0.125. The van der Waals surface area contributed by atoms with Crippen LogP contribution in [0.3, 0.4) is 0 Å². The number of anilines is 2. The average molecular weight is 280 g/mol. The van der Waals surface area contributed by atoms with Gasteiger partial charge in [0, 0.05) is 5.39 Å². The van der Waals surface area contributed by atoms with Crippen LogP contribution in [0.2, 0.25) is 0 Å². The monoisotopic (exact) mass is 280 g/mol. The number of aromatic amines is 1. The smallest absolute Gasteiger partial charge is 0.307 e. The average Bonchev–Trinajstić information content (AvgIpc) is 2.79. The maximum atomic E-state index is 12.2. The Kier molecular flexibility index (Phi) is 3.31. The summed E-state index contributed by atoms with van der Waals surface area (Å²) in [5, 5.41) is 14.7. The molecule has 3 N–H and O–H groups in total. The fourth-order valence-electron chi connectivity index (χ4n) is 2.34. The third-order valence-corrected chi connectivity index (χ3v) is 3.40. The van der Waals surface area contributed by atoms with Crippen molar-refractivity contribution >= 4 is 28.2 Å². The topological polar surface area (TPSA) is 69.8 Å². The Balaban J connectivity index is 1.84. The molecule has 1 heterocycles. The Bertz CT molecular complexity index is 782. The maximum Gasteiger partial charge on any atom is 0.323 e. The fourth-order valence-corrected chi connectivity index (χ4v) is 2.34. The van der Waals surface area contributed by atoms with Gasteiger partial charge in [0.2, 0.25) is 0 Å². The van der Waals surface area contributed by atoms with Crippen LogP contribution in [-0.2, 0) is 0 Å². The zero-order valence-corrected chi connectivity index (χ0v) is 11.9. The summed E-state index contributed by atoms with van der Waals surface area (Å²) in [6.07, 6.45) is 0. The molecular weight excluding hydrogens is 264 g/mol. The van der Waals surface area contributed by atoms with E-state index in [2.05, 4.69) is 20.8 Å². The molecule has 3 rings (SSSR count). The second-order valence-corrected chi connectivity index (χ2v) is 4.91. The highest BCUT2D eigenvalue weighted by atomic mass is 16.2. The molecule has 0 aliphatic carbocycles. The van der Waals surface area contributed by atoms with Crippen LogP contribution in [-0.4, -0.2) is 16.2 Å². The van der Waals surface area contributed by atoms with Gasteiger partial charge in [-0.05, 0) is 25.3 Å². The van der Waals surface area contributed by atoms with Crippen LogP contribution >= 0.6 is 0 Å². The van der Waals surface area contributed by atoms with Gasteiger partial charge in [-0.25, -0.2) is 4.79 Å². The first kappa shape index (κ1) is 13.2. The molecule has 5 heteroatoms. The van der Waals surface area contributed by atoms with Crippen LogP contribution < -0.4 is 10.6 Å². The first-order chi connectivity index (χ1) is 10.1. The third kappa shape index (κ3) is 2.58. The van der Waals surface area contributed by atoms with Gasteiger partial charge in [-0.1, -0.05) is 36.4 Å². The molecule has 3 aromatic rings. The number of urea groups is 1. The summed E-state index contributed by atoms with van der Waals surface area (Å²) in [5.74, 6) is 0. The van der Waals surface area contributed by atoms with Crippen LogP contribution in [0.25, 0.3) is 10.8 Å². The van der Waals surface area contributed by atoms with Gasteiger partial charge in [0.25, 0.3) is 0 Å². The number of aryl methyl sites for hydroxylation is 2. The van der Waals surface area contributed by atoms with Crippen molar-refractivity contribution in [2.45, 2.75) is 13.8 Å². The minimum Gasteiger partial charge on any atom is -0.307 e. The number of nitrogens with one attached hydrogen (secondary N) is 3. The number of H-pyrrole nitrogens is 1. The number of carbonyl (C=O) groups excluding carboxylic acids is 1. The molecular formula is C16H16N4O. The number of hydrogen-bond acceptors (Lipinski definition) is 2. The quantitative estimate of drug-likeness (QED) is 0.667. The molecule has 0 atom stereocenters. The van der Waals surface area contributed by atoms with Crippen LogP contribution in [0.5, 0.6) is 0 Å². The molecule has 0 aliphatic rings. The third-order valence-electron chi connectivity index (χ3n) is 3.40. The zero-order chi connectivity index (χ0) is 14.8. The predicted octanol–water partition coefficient (Wildman–Crippen LogP) is 3.82. The normalized spacial score (nSPS) is 10.6. The minimum absolute atomic E-state index is 0.279. The summed E-state index contributed by atoms with van der Waals surface area (Å²) >= 11 is 0. The minimum atomic E-state index is -0.279. The van der Waals surface area contributed by atoms with Gasteiger partial charge in [-0.3, -0.25) is 5.10 Å². The summed E-state index contributed by atoms with van der Waals surface area (Å²) in [4.78, 5) is 12.2. The van der Waals surface area contributed by atoms with Crippen molar-refractivity contribution < 1.29 is 4.79 Å². The van der Waals surface area contributed by atoms with E-state index >= 15 is 0 Å². The van der Waals surface area contributed by atoms with Crippen molar-refractivity contribution in [3.8, 4) is 0 Å². The SMILES string of the molecule is Cc1n[nH]c(C)c1NC(=O)Nc1cccc2ccccc12. The maximum absolute atomic E-state index is 12.2. The van der Waals surface area contributed by atoms with Crippen molar-refractivity contribution in [2.24, 2.45) is 0 Å². The molecule has 2 aromatic carbocycles. The molecule has 106 valence electrons. The first-order valence-corrected chi connectivity index (χ1v) is 6.72. The molecule has 0 spiro atoms. The Morgan fingerprint density at radius 2 is 1.81 bits per heavy atom. The molecule has 0 saturated carbocycles. The lowest BCUT2D eigenvalue weighted by atomic mass is 10.1. The van der Waals surface area contributed by atoms with E-state index in [1.807, 2.05) is 56.3 Å². The Hall–Kier alpha value is -2.82. The largest absolute Gasteiger partial charge is 0.323 e. The van der Waals surface area contributed by atoms with Gasteiger partial charge in [0.05, 0.1) is 22.8 Å². The highest BCUT2D eigenvalue weighted by Gasteiger charge is 2.11. The van der Waals surface area contributed by atoms with Crippen LogP contribution in [0.4, 0.5) is 16.2 Å². The van der Waals surface area contributed by atoms with Crippen molar-refractivity contribution in [1.82, 2.24) is 10.2 Å². The molecule has 21 heavy (non-hydrogen) atoms. The number of fused-ring (bicyclic) bond motifs is 1. The number of benzene rings is 2. The highest BCUT2D eigenvalue weighted by Crippen LogP contribution is 2.23. The zero-order valence-electron chi connectivity index (χ0n) is 11.9. The number of nitrogens with zero attached hydrogens (tertiary/aromatic N) is 1. The van der Waals surface area contributed by atoms with Crippen molar-refractivity contribution in [3.05, 3.63) is 53.9 Å². The van der Waals surface area contributed by atoms with Crippen LogP contribution in [0, 0.1) is 13.8 Å². The van der Waals surface area contributed by atoms with E-state index < -0.39 is 0 Å². The Morgan fingerprint density at radius 3 is 2.57 bits per heavy atom. The van der Waals surface area contributed by atoms with E-state index in [1.54, 1.807) is 0 Å². The Morgan fingerprint density at radius 1 is 1.05 bits per heavy atom. The molecule has 0 unspecified atom stereocenters. The van der Waals surface area contributed by atoms with Gasteiger partial charge in [-0.2, -0.15) is 5.10 Å². The molecule has 2 amide bonds. The number of aromatic nitrogens is 2. The summed E-state index contributed by atoms with van der Waals surface area (Å²) < 4.78 is 0. The first-order valence-electron chi connectivity index (χ1n) is 6.72. The molecule has 5 nitrogen and oxygen atoms in total. The molecule has 0 fully saturated rings. The highest BCUT2D eigenvalue weighted by molar-refractivity contribution is 6.06. The van der Waals surface area contributed by atoms with E-state index in [-0.39, 0.29) is 6.03 Å². The number of hydrogen-bond donors (Lipinski definition) is 3. The van der Waals surface area contributed by atoms with Crippen LogP contribution in [0.1, 0.15) is 11.4 Å². The molecule has 0 radical (unpaired) electrons. The molecule has 0 aliphatic heterocycles. The van der Waals surface area contributed by atoms with E-state index in [0.717, 1.165) is 27.8 Å².